The number of carbonyl (C=O) groups is 4. The van der Waals surface area contributed by atoms with Crippen LogP contribution in [0.1, 0.15) is 185 Å². The van der Waals surface area contributed by atoms with E-state index in [1.54, 1.807) is 34.3 Å². The highest BCUT2D eigenvalue weighted by molar-refractivity contribution is 7.93. The molecule has 6 aromatic rings. The number of hydrogen-bond acceptors (Lipinski definition) is 13. The Morgan fingerprint density at radius 2 is 0.934 bits per heavy atom. The van der Waals surface area contributed by atoms with Crippen molar-refractivity contribution in [3.8, 4) is 11.8 Å². The van der Waals surface area contributed by atoms with Gasteiger partial charge in [0.25, 0.3) is 0 Å². The third-order valence-electron chi connectivity index (χ3n) is 18.3. The lowest BCUT2D eigenvalue weighted by atomic mass is 9.73. The largest absolute Gasteiger partial charge is 0.473 e. The summed E-state index contributed by atoms with van der Waals surface area (Å²) in [6, 6.07) is 25.7. The van der Waals surface area contributed by atoms with E-state index in [4.69, 9.17) is 28.4 Å². The summed E-state index contributed by atoms with van der Waals surface area (Å²) in [5.41, 5.74) is 10.2. The number of hydrogen-bond donors (Lipinski definition) is 0. The molecule has 2 amide bonds. The monoisotopic (exact) mass is 1270 g/mol. The van der Waals surface area contributed by atoms with Gasteiger partial charge in [0.05, 0.1) is 37.1 Å². The van der Waals surface area contributed by atoms with Crippen LogP contribution in [0.4, 0.5) is 22.3 Å². The minimum Gasteiger partial charge on any atom is -0.473 e. The molecule has 2 saturated carbocycles. The fourth-order valence-electron chi connectivity index (χ4n) is 14.2. The number of ether oxygens (including phenoxy) is 6. The number of nitrogens with zero attached hydrogens (tertiary/aromatic N) is 4. The lowest BCUT2D eigenvalue weighted by Crippen LogP contribution is -2.50. The van der Waals surface area contributed by atoms with Gasteiger partial charge < -0.3 is 28.4 Å². The highest BCUT2D eigenvalue weighted by Crippen LogP contribution is 2.63. The van der Waals surface area contributed by atoms with E-state index in [0.29, 0.717) is 49.2 Å². The summed E-state index contributed by atoms with van der Waals surface area (Å²) < 4.78 is 76.0. The quantitative estimate of drug-likeness (QED) is 0.0843. The number of pyridine rings is 2. The molecule has 0 N–H and O–H groups in total. The van der Waals surface area contributed by atoms with Crippen molar-refractivity contribution in [2.75, 3.05) is 32.6 Å². The fraction of sp³-hybridized carbons (Fsp3) is 0.479. The predicted molar refractivity (Wildman–Crippen MR) is 343 cm³/mol. The number of aryl methyl sites for hydroxylation is 2. The van der Waals surface area contributed by atoms with Crippen LogP contribution in [0.3, 0.4) is 0 Å². The van der Waals surface area contributed by atoms with E-state index in [1.165, 1.54) is 6.26 Å². The standard InChI is InChI=1S/2C36H41FN2O5.CH3FS/c2*1-8-42-33(40)31-25-13-21-15-29(38-17-26(21)30(25)31)43-18-22-14-24-27(16-28(22)37)36(6,7)19-39(34(41)44-35(3,4)5)32(24)23-12-10-9-11-20(23)2;1-3-2/h2*9-12,14-17,25,30-32H,8,13,18-19H2,1-7H3;1H3/t2*25-,30-,31+,32?;/m11./s1. The first-order chi connectivity index (χ1) is 43.0. The van der Waals surface area contributed by atoms with Crippen LogP contribution in [0.25, 0.3) is 0 Å². The zero-order chi connectivity index (χ0) is 65.8. The first-order valence-electron chi connectivity index (χ1n) is 31.5. The van der Waals surface area contributed by atoms with Crippen molar-refractivity contribution >= 4 is 36.3 Å². The molecule has 2 fully saturated rings. The van der Waals surface area contributed by atoms with Crippen molar-refractivity contribution in [3.63, 3.8) is 0 Å². The second-order valence-corrected chi connectivity index (χ2v) is 28.4. The Balaban J connectivity index is 0.000000192. The van der Waals surface area contributed by atoms with Gasteiger partial charge in [-0.25, -0.2) is 28.3 Å². The number of amides is 2. The second-order valence-electron chi connectivity index (χ2n) is 28.1. The maximum absolute atomic E-state index is 15.7. The molecule has 4 aromatic carbocycles. The lowest BCUT2D eigenvalue weighted by molar-refractivity contribution is -0.146. The van der Waals surface area contributed by atoms with Crippen molar-refractivity contribution in [2.24, 2.45) is 23.7 Å². The minimum absolute atomic E-state index is 0.0173. The molecule has 18 heteroatoms. The van der Waals surface area contributed by atoms with E-state index < -0.39 is 46.3 Å². The number of carbonyl (C=O) groups excluding carboxylic acids is 4. The van der Waals surface area contributed by atoms with Crippen molar-refractivity contribution in [3.05, 3.63) is 187 Å². The summed E-state index contributed by atoms with van der Waals surface area (Å²) in [7, 11) is 0. The molecule has 0 bridgehead atoms. The van der Waals surface area contributed by atoms with Crippen LogP contribution in [0.15, 0.2) is 97.3 Å². The van der Waals surface area contributed by atoms with E-state index in [1.807, 2.05) is 170 Å². The predicted octanol–water partition coefficient (Wildman–Crippen LogP) is 15.6. The number of rotatable bonds is 12. The zero-order valence-corrected chi connectivity index (χ0v) is 55.7. The summed E-state index contributed by atoms with van der Waals surface area (Å²) in [6.45, 7) is 28.4. The molecule has 484 valence electrons. The average molecular weight is 1270 g/mol. The molecule has 8 atom stereocenters. The van der Waals surface area contributed by atoms with Gasteiger partial charge in [0, 0.05) is 89.8 Å². The van der Waals surface area contributed by atoms with Crippen LogP contribution < -0.4 is 9.47 Å². The van der Waals surface area contributed by atoms with Crippen molar-refractivity contribution in [2.45, 2.75) is 169 Å². The van der Waals surface area contributed by atoms with Gasteiger partial charge in [0.1, 0.15) is 36.1 Å². The molecular weight excluding hydrogens is 1180 g/mol. The molecule has 0 radical (unpaired) electrons. The maximum Gasteiger partial charge on any atom is 0.411 e. The fourth-order valence-corrected chi connectivity index (χ4v) is 14.2. The number of fused-ring (bicyclic) bond motifs is 8. The minimum atomic E-state index is -0.664. The molecule has 91 heavy (non-hydrogen) atoms. The van der Waals surface area contributed by atoms with E-state index in [0.717, 1.165) is 79.6 Å². The summed E-state index contributed by atoms with van der Waals surface area (Å²) >= 11 is 0.250. The van der Waals surface area contributed by atoms with E-state index in [-0.39, 0.29) is 84.4 Å². The molecular formula is C73H85F3N4O10S. The smallest absolute Gasteiger partial charge is 0.411 e. The highest BCUT2D eigenvalue weighted by atomic mass is 32.2. The topological polar surface area (TPSA) is 156 Å². The van der Waals surface area contributed by atoms with Gasteiger partial charge in [0.15, 0.2) is 0 Å². The molecule has 4 aliphatic carbocycles. The van der Waals surface area contributed by atoms with Crippen molar-refractivity contribution in [1.29, 1.82) is 0 Å². The Kier molecular flexibility index (Phi) is 18.8. The number of aromatic nitrogens is 2. The van der Waals surface area contributed by atoms with Gasteiger partial charge in [0.2, 0.25) is 11.8 Å². The lowest BCUT2D eigenvalue weighted by Gasteiger charge is -2.46. The van der Waals surface area contributed by atoms with Crippen LogP contribution in [0.5, 0.6) is 11.8 Å². The van der Waals surface area contributed by atoms with Gasteiger partial charge >= 0.3 is 24.1 Å². The van der Waals surface area contributed by atoms with E-state index in [2.05, 4.69) is 9.97 Å². The van der Waals surface area contributed by atoms with Crippen molar-refractivity contribution in [1.82, 2.24) is 19.8 Å². The SMILES string of the molecule is CCOC(=O)[C@H]1[C@@H]2Cc3cc(OCc4cc5c(cc4F)C(C)(C)CN(C(=O)OC(C)(C)C)C5c4ccccc4C)ncc3[C@@H]21.CCOC(=O)[C@H]1[C@@H]2Cc3cc(OCc4cc5c(cc4F)C(C)(C)CN(C(=O)OC(C)(C)C)C5c4ccccc4C)ncc3[C@@H]21.CSF. The molecule has 2 aromatic heterocycles. The van der Waals surface area contributed by atoms with Crippen LogP contribution in [0.2, 0.25) is 0 Å². The molecule has 14 nitrogen and oxygen atoms in total. The van der Waals surface area contributed by atoms with Crippen LogP contribution >= 0.6 is 12.1 Å². The second kappa shape index (κ2) is 25.8. The summed E-state index contributed by atoms with van der Waals surface area (Å²) in [5.74, 6) is 0.554. The molecule has 0 spiro atoms. The summed E-state index contributed by atoms with van der Waals surface area (Å²) in [4.78, 5) is 64.3. The highest BCUT2D eigenvalue weighted by Gasteiger charge is 2.61. The van der Waals surface area contributed by atoms with E-state index >= 15 is 8.78 Å². The molecule has 6 aliphatic rings. The van der Waals surface area contributed by atoms with E-state index in [9.17, 15) is 23.1 Å². The Morgan fingerprint density at radius 3 is 1.27 bits per heavy atom. The molecule has 4 heterocycles. The number of halogens is 3. The van der Waals surface area contributed by atoms with Crippen LogP contribution in [-0.2, 0) is 65.4 Å². The van der Waals surface area contributed by atoms with Gasteiger partial charge in [-0.2, -0.15) is 3.89 Å². The van der Waals surface area contributed by atoms with Crippen LogP contribution in [-0.4, -0.2) is 87.7 Å². The maximum atomic E-state index is 15.7. The molecule has 0 saturated heterocycles. The van der Waals surface area contributed by atoms with Gasteiger partial charge in [-0.1, -0.05) is 76.2 Å². The van der Waals surface area contributed by atoms with Gasteiger partial charge in [-0.15, -0.1) is 0 Å². The van der Waals surface area contributed by atoms with Gasteiger partial charge in [-0.05, 0) is 185 Å². The Bertz CT molecular complexity index is 3530. The third-order valence-corrected chi connectivity index (χ3v) is 18.3. The van der Waals surface area contributed by atoms with Crippen molar-refractivity contribution < 1.29 is 60.3 Å². The number of benzene rings is 4. The average Bonchev–Trinajstić information content (AvgIpc) is 1.52. The normalized spacial score (nSPS) is 22.3. The Labute approximate surface area is 537 Å². The summed E-state index contributed by atoms with van der Waals surface area (Å²) in [5, 5.41) is 0. The third kappa shape index (κ3) is 13.8. The first-order valence-corrected chi connectivity index (χ1v) is 32.6. The Morgan fingerprint density at radius 1 is 0.571 bits per heavy atom. The molecule has 2 unspecified atom stereocenters. The van der Waals surface area contributed by atoms with Gasteiger partial charge in [-0.3, -0.25) is 19.4 Å². The summed E-state index contributed by atoms with van der Waals surface area (Å²) in [6.07, 6.45) is 5.70. The Hall–Kier alpha value is -7.60. The molecule has 2 aliphatic heterocycles. The zero-order valence-electron chi connectivity index (χ0n) is 54.9. The first kappa shape index (κ1) is 66.3. The number of esters is 2. The molecule has 12 rings (SSSR count). The van der Waals surface area contributed by atoms with Crippen LogP contribution in [0, 0.1) is 49.2 Å².